The Hall–Kier alpha value is -5.16. The highest BCUT2D eigenvalue weighted by Gasteiger charge is 2.40. The Balaban J connectivity index is 1.24. The molecule has 7 aromatic rings. The number of carbonyl (C=O) groups excluding carboxylic acids is 1. The maximum Gasteiger partial charge on any atom is 0.309 e. The van der Waals surface area contributed by atoms with Crippen molar-refractivity contribution in [2.24, 2.45) is 17.8 Å². The van der Waals surface area contributed by atoms with Gasteiger partial charge in [0.25, 0.3) is 0 Å². The third kappa shape index (κ3) is 3.77. The van der Waals surface area contributed by atoms with Crippen molar-refractivity contribution in [1.82, 2.24) is 14.1 Å². The molecular weight excluding hydrogens is 530 g/mol. The molecule has 0 amide bonds. The highest BCUT2D eigenvalue weighted by Crippen LogP contribution is 2.44. The Kier molecular flexibility index (Phi) is 5.36. The first-order chi connectivity index (χ1) is 21.2. The number of hydrogen-bond donors (Lipinski definition) is 0. The van der Waals surface area contributed by atoms with Gasteiger partial charge in [0, 0.05) is 21.5 Å². The molecular formula is C38H29N3O2. The summed E-state index contributed by atoms with van der Waals surface area (Å²) in [6, 6.07) is 38.0. The summed E-state index contributed by atoms with van der Waals surface area (Å²) < 4.78 is 10.5. The van der Waals surface area contributed by atoms with Gasteiger partial charge < -0.3 is 4.74 Å². The maximum absolute atomic E-state index is 13.3. The predicted molar refractivity (Wildman–Crippen MR) is 172 cm³/mol. The summed E-state index contributed by atoms with van der Waals surface area (Å²) in [5, 5.41) is 4.72. The molecule has 43 heavy (non-hydrogen) atoms. The highest BCUT2D eigenvalue weighted by molar-refractivity contribution is 6.10. The van der Waals surface area contributed by atoms with Gasteiger partial charge in [-0.25, -0.2) is 4.98 Å². The largest absolute Gasteiger partial charge is 0.461 e. The number of esters is 1. The van der Waals surface area contributed by atoms with Gasteiger partial charge in [-0.3, -0.25) is 13.9 Å². The van der Waals surface area contributed by atoms with Crippen LogP contribution in [0, 0.1) is 17.8 Å². The molecule has 3 atom stereocenters. The van der Waals surface area contributed by atoms with Gasteiger partial charge in [-0.05, 0) is 66.6 Å². The van der Waals surface area contributed by atoms with Gasteiger partial charge in [0.15, 0.2) is 0 Å². The van der Waals surface area contributed by atoms with Crippen LogP contribution in [-0.4, -0.2) is 20.1 Å². The second kappa shape index (κ2) is 9.43. The molecule has 5 heteroatoms. The molecule has 208 valence electrons. The van der Waals surface area contributed by atoms with E-state index in [4.69, 9.17) is 9.72 Å². The van der Waals surface area contributed by atoms with Crippen molar-refractivity contribution in [3.8, 4) is 11.6 Å². The molecule has 1 unspecified atom stereocenters. The van der Waals surface area contributed by atoms with Gasteiger partial charge in [-0.15, -0.1) is 0 Å². The summed E-state index contributed by atoms with van der Waals surface area (Å²) in [7, 11) is 0. The lowest BCUT2D eigenvalue weighted by atomic mass is 9.94. The second-order valence-corrected chi connectivity index (χ2v) is 11.9. The van der Waals surface area contributed by atoms with Gasteiger partial charge in [0.05, 0.1) is 28.0 Å². The molecule has 2 aliphatic rings. The zero-order chi connectivity index (χ0) is 28.5. The van der Waals surface area contributed by atoms with Crippen LogP contribution >= 0.6 is 0 Å². The lowest BCUT2D eigenvalue weighted by Gasteiger charge is -2.18. The van der Waals surface area contributed by atoms with Gasteiger partial charge in [-0.1, -0.05) is 84.9 Å². The van der Waals surface area contributed by atoms with Crippen molar-refractivity contribution in [2.45, 2.75) is 19.4 Å². The number of para-hydroxylation sites is 4. The smallest absolute Gasteiger partial charge is 0.309 e. The summed E-state index contributed by atoms with van der Waals surface area (Å²) in [4.78, 5) is 18.6. The summed E-state index contributed by atoms with van der Waals surface area (Å²) in [6.07, 6.45) is 6.43. The SMILES string of the molecule is O=C(OCc1cc(-n2c3ccccc3c3ccccc32)nc(-n2c3ccccc3c3ccccc32)c1)C1C[C@H]2C=C[C@@H]1C2. The molecule has 0 aliphatic heterocycles. The molecule has 0 saturated heterocycles. The summed E-state index contributed by atoms with van der Waals surface area (Å²) in [6.45, 7) is 0.202. The molecule has 0 radical (unpaired) electrons. The Labute approximate surface area is 248 Å². The van der Waals surface area contributed by atoms with Crippen LogP contribution in [0.3, 0.4) is 0 Å². The molecule has 0 N–H and O–H groups in total. The molecule has 2 aliphatic carbocycles. The van der Waals surface area contributed by atoms with E-state index in [9.17, 15) is 4.79 Å². The van der Waals surface area contributed by atoms with Gasteiger partial charge in [-0.2, -0.15) is 0 Å². The van der Waals surface area contributed by atoms with E-state index in [-0.39, 0.29) is 18.5 Å². The molecule has 4 aromatic carbocycles. The summed E-state index contributed by atoms with van der Waals surface area (Å²) in [5.74, 6) is 2.30. The topological polar surface area (TPSA) is 49.1 Å². The zero-order valence-electron chi connectivity index (χ0n) is 23.6. The molecule has 1 saturated carbocycles. The number of rotatable bonds is 5. The van der Waals surface area contributed by atoms with Gasteiger partial charge >= 0.3 is 5.97 Å². The third-order valence-corrected chi connectivity index (χ3v) is 9.44. The number of nitrogens with zero attached hydrogens (tertiary/aromatic N) is 3. The number of carbonyl (C=O) groups is 1. The fourth-order valence-electron chi connectivity index (χ4n) is 7.52. The number of ether oxygens (including phenoxy) is 1. The van der Waals surface area contributed by atoms with E-state index in [1.807, 2.05) is 0 Å². The van der Waals surface area contributed by atoms with Gasteiger partial charge in [0.1, 0.15) is 18.2 Å². The maximum atomic E-state index is 13.3. The highest BCUT2D eigenvalue weighted by atomic mass is 16.5. The first-order valence-corrected chi connectivity index (χ1v) is 15.1. The van der Waals surface area contributed by atoms with Crippen molar-refractivity contribution < 1.29 is 9.53 Å². The number of benzene rings is 4. The molecule has 3 aromatic heterocycles. The number of pyridine rings is 1. The molecule has 2 bridgehead atoms. The number of hydrogen-bond acceptors (Lipinski definition) is 3. The second-order valence-electron chi connectivity index (χ2n) is 11.9. The van der Waals surface area contributed by atoms with Crippen molar-refractivity contribution in [3.63, 3.8) is 0 Å². The van der Waals surface area contributed by atoms with E-state index in [1.54, 1.807) is 0 Å². The molecule has 9 rings (SSSR count). The summed E-state index contributed by atoms with van der Waals surface area (Å²) in [5.41, 5.74) is 5.27. The summed E-state index contributed by atoms with van der Waals surface area (Å²) >= 11 is 0. The average molecular weight is 560 g/mol. The van der Waals surface area contributed by atoms with Crippen molar-refractivity contribution in [1.29, 1.82) is 0 Å². The number of fused-ring (bicyclic) bond motifs is 8. The van der Waals surface area contributed by atoms with E-state index < -0.39 is 0 Å². The fourth-order valence-corrected chi connectivity index (χ4v) is 7.52. The molecule has 5 nitrogen and oxygen atoms in total. The van der Waals surface area contributed by atoms with Crippen LogP contribution in [0.1, 0.15) is 18.4 Å². The van der Waals surface area contributed by atoms with Crippen LogP contribution in [-0.2, 0) is 16.1 Å². The van der Waals surface area contributed by atoms with Gasteiger partial charge in [0.2, 0.25) is 0 Å². The normalized spacial score (nSPS) is 19.3. The third-order valence-electron chi connectivity index (χ3n) is 9.44. The minimum Gasteiger partial charge on any atom is -0.461 e. The lowest BCUT2D eigenvalue weighted by molar-refractivity contribution is -0.150. The van der Waals surface area contributed by atoms with E-state index in [1.165, 1.54) is 21.5 Å². The predicted octanol–water partition coefficient (Wildman–Crippen LogP) is 8.53. The Bertz CT molecular complexity index is 2020. The Morgan fingerprint density at radius 1 is 0.651 bits per heavy atom. The average Bonchev–Trinajstić information content (AvgIpc) is 3.84. The Morgan fingerprint density at radius 3 is 1.53 bits per heavy atom. The van der Waals surface area contributed by atoms with Crippen LogP contribution in [0.25, 0.3) is 55.2 Å². The standard InChI is InChI=1S/C38H29N3O2/c42-38(31-20-24-17-18-26(31)19-24)43-23-25-21-36(40-32-13-5-1-9-27(32)28-10-2-6-14-33(28)40)39-37(22-25)41-34-15-7-3-11-29(34)30-12-4-8-16-35(30)41/h1-18,21-22,24,26,31H,19-20,23H2/t24-,26+,31?/m0/s1. The van der Waals surface area contributed by atoms with Crippen molar-refractivity contribution in [2.75, 3.05) is 0 Å². The van der Waals surface area contributed by atoms with E-state index in [0.29, 0.717) is 11.8 Å². The van der Waals surface area contributed by atoms with E-state index >= 15 is 0 Å². The first-order valence-electron chi connectivity index (χ1n) is 15.1. The van der Waals surface area contributed by atoms with Crippen molar-refractivity contribution in [3.05, 3.63) is 127 Å². The minimum absolute atomic E-state index is 0.0366. The Morgan fingerprint density at radius 2 is 1.12 bits per heavy atom. The van der Waals surface area contributed by atoms with Crippen LogP contribution in [0.5, 0.6) is 0 Å². The van der Waals surface area contributed by atoms with Crippen LogP contribution in [0.4, 0.5) is 0 Å². The zero-order valence-corrected chi connectivity index (χ0v) is 23.6. The van der Waals surface area contributed by atoms with Crippen LogP contribution < -0.4 is 0 Å². The lowest BCUT2D eigenvalue weighted by Crippen LogP contribution is -2.21. The quantitative estimate of drug-likeness (QED) is 0.157. The van der Waals surface area contributed by atoms with Crippen molar-refractivity contribution >= 4 is 49.6 Å². The van der Waals surface area contributed by atoms with Crippen LogP contribution in [0.15, 0.2) is 121 Å². The molecule has 3 heterocycles. The fraction of sp³-hybridized carbons (Fsp3) is 0.158. The number of aromatic nitrogens is 3. The molecule has 0 spiro atoms. The van der Waals surface area contributed by atoms with Crippen LogP contribution in [0.2, 0.25) is 0 Å². The first kappa shape index (κ1) is 24.4. The monoisotopic (exact) mass is 559 g/mol. The number of allylic oxidation sites excluding steroid dienone is 2. The van der Waals surface area contributed by atoms with E-state index in [2.05, 4.69) is 130 Å². The molecule has 1 fully saturated rings. The van der Waals surface area contributed by atoms with E-state index in [0.717, 1.165) is 52.1 Å². The minimum atomic E-state index is -0.0921.